The second kappa shape index (κ2) is 7.23. The summed E-state index contributed by atoms with van der Waals surface area (Å²) in [4.78, 5) is 0. The van der Waals surface area contributed by atoms with Gasteiger partial charge in [0.1, 0.15) is 0 Å². The normalized spacial score (nSPS) is 11.5. The second-order valence-corrected chi connectivity index (χ2v) is 6.10. The standard InChI is InChI=1S/C14H19NO3S/c1-3-8-15(9-4-2)19(17,18)12-14-7-5-6-13(10-14)11-16/h3-7,10,16H,1-2,8-9,11-12H2. The highest BCUT2D eigenvalue weighted by atomic mass is 32.2. The lowest BCUT2D eigenvalue weighted by atomic mass is 10.1. The van der Waals surface area contributed by atoms with E-state index in [1.807, 2.05) is 0 Å². The Kier molecular flexibility index (Phi) is 5.95. The van der Waals surface area contributed by atoms with Crippen LogP contribution in [0.25, 0.3) is 0 Å². The monoisotopic (exact) mass is 281 g/mol. The maximum Gasteiger partial charge on any atom is 0.218 e. The number of sulfonamides is 1. The summed E-state index contributed by atoms with van der Waals surface area (Å²) in [7, 11) is -3.42. The third-order valence-corrected chi connectivity index (χ3v) is 4.36. The zero-order valence-corrected chi connectivity index (χ0v) is 11.6. The molecule has 1 aromatic carbocycles. The van der Waals surface area contributed by atoms with Gasteiger partial charge in [-0.15, -0.1) is 13.2 Å². The van der Waals surface area contributed by atoms with Gasteiger partial charge >= 0.3 is 0 Å². The summed E-state index contributed by atoms with van der Waals surface area (Å²) in [6, 6.07) is 6.91. The minimum absolute atomic E-state index is 0.0947. The van der Waals surface area contributed by atoms with Gasteiger partial charge in [0, 0.05) is 13.1 Å². The fraction of sp³-hybridized carbons (Fsp3) is 0.286. The van der Waals surface area contributed by atoms with Crippen LogP contribution in [0.2, 0.25) is 0 Å². The first-order valence-electron chi connectivity index (χ1n) is 5.91. The topological polar surface area (TPSA) is 57.6 Å². The Morgan fingerprint density at radius 1 is 1.16 bits per heavy atom. The van der Waals surface area contributed by atoms with Gasteiger partial charge in [-0.25, -0.2) is 8.42 Å². The van der Waals surface area contributed by atoms with Crippen molar-refractivity contribution in [3.63, 3.8) is 0 Å². The molecule has 1 rings (SSSR count). The van der Waals surface area contributed by atoms with Gasteiger partial charge in [-0.3, -0.25) is 0 Å². The quantitative estimate of drug-likeness (QED) is 0.738. The van der Waals surface area contributed by atoms with Crippen molar-refractivity contribution in [3.05, 3.63) is 60.7 Å². The van der Waals surface area contributed by atoms with Crippen LogP contribution in [0.15, 0.2) is 49.6 Å². The van der Waals surface area contributed by atoms with Gasteiger partial charge in [-0.1, -0.05) is 36.4 Å². The maximum absolute atomic E-state index is 12.2. The highest BCUT2D eigenvalue weighted by molar-refractivity contribution is 7.88. The molecule has 4 nitrogen and oxygen atoms in total. The summed E-state index contributed by atoms with van der Waals surface area (Å²) >= 11 is 0. The first kappa shape index (κ1) is 15.6. The lowest BCUT2D eigenvalue weighted by Gasteiger charge is -2.19. The van der Waals surface area contributed by atoms with E-state index >= 15 is 0 Å². The Morgan fingerprint density at radius 2 is 1.74 bits per heavy atom. The molecule has 0 unspecified atom stereocenters. The lowest BCUT2D eigenvalue weighted by Crippen LogP contribution is -2.32. The molecule has 0 aliphatic carbocycles. The third kappa shape index (κ3) is 4.63. The predicted molar refractivity (Wildman–Crippen MR) is 77.0 cm³/mol. The summed E-state index contributed by atoms with van der Waals surface area (Å²) in [5, 5.41) is 9.05. The highest BCUT2D eigenvalue weighted by Gasteiger charge is 2.20. The summed E-state index contributed by atoms with van der Waals surface area (Å²) in [5.74, 6) is -0.0947. The zero-order chi connectivity index (χ0) is 14.3. The van der Waals surface area contributed by atoms with E-state index in [9.17, 15) is 8.42 Å². The average molecular weight is 281 g/mol. The fourth-order valence-electron chi connectivity index (χ4n) is 1.71. The van der Waals surface area contributed by atoms with Crippen LogP contribution in [0, 0.1) is 0 Å². The van der Waals surface area contributed by atoms with Crippen LogP contribution in [-0.4, -0.2) is 30.9 Å². The van der Waals surface area contributed by atoms with Crippen molar-refractivity contribution in [1.82, 2.24) is 4.31 Å². The van der Waals surface area contributed by atoms with E-state index < -0.39 is 10.0 Å². The minimum Gasteiger partial charge on any atom is -0.392 e. The van der Waals surface area contributed by atoms with Gasteiger partial charge in [-0.05, 0) is 11.1 Å². The van der Waals surface area contributed by atoms with Crippen LogP contribution in [0.3, 0.4) is 0 Å². The molecule has 0 spiro atoms. The van der Waals surface area contributed by atoms with Crippen LogP contribution in [0.4, 0.5) is 0 Å². The van der Waals surface area contributed by atoms with Gasteiger partial charge in [0.15, 0.2) is 0 Å². The Bertz CT molecular complexity index is 527. The molecule has 1 N–H and O–H groups in total. The Hall–Kier alpha value is -1.43. The number of aliphatic hydroxyl groups is 1. The van der Waals surface area contributed by atoms with Gasteiger partial charge < -0.3 is 5.11 Å². The molecule has 1 aromatic rings. The minimum atomic E-state index is -3.42. The Labute approximate surface area is 114 Å². The molecular weight excluding hydrogens is 262 g/mol. The molecule has 0 amide bonds. The molecule has 104 valence electrons. The molecule has 0 aromatic heterocycles. The first-order chi connectivity index (χ1) is 9.03. The first-order valence-corrected chi connectivity index (χ1v) is 7.52. The number of aliphatic hydroxyl groups excluding tert-OH is 1. The van der Waals surface area contributed by atoms with Crippen molar-refractivity contribution in [2.24, 2.45) is 0 Å². The highest BCUT2D eigenvalue weighted by Crippen LogP contribution is 2.13. The molecule has 0 heterocycles. The predicted octanol–water partition coefficient (Wildman–Crippen LogP) is 1.68. The smallest absolute Gasteiger partial charge is 0.218 e. The van der Waals surface area contributed by atoms with E-state index in [1.165, 1.54) is 4.31 Å². The maximum atomic E-state index is 12.2. The molecular formula is C14H19NO3S. The van der Waals surface area contributed by atoms with E-state index in [0.717, 1.165) is 0 Å². The van der Waals surface area contributed by atoms with Crippen molar-refractivity contribution in [2.75, 3.05) is 13.1 Å². The lowest BCUT2D eigenvalue weighted by molar-refractivity contribution is 0.281. The number of benzene rings is 1. The van der Waals surface area contributed by atoms with E-state index in [1.54, 1.807) is 36.4 Å². The SMILES string of the molecule is C=CCN(CC=C)S(=O)(=O)Cc1cccc(CO)c1. The van der Waals surface area contributed by atoms with Gasteiger partial charge in [0.05, 0.1) is 12.4 Å². The van der Waals surface area contributed by atoms with Gasteiger partial charge in [-0.2, -0.15) is 4.31 Å². The Balaban J connectivity index is 2.92. The summed E-state index contributed by atoms with van der Waals surface area (Å²) in [5.41, 5.74) is 1.36. The zero-order valence-electron chi connectivity index (χ0n) is 10.8. The van der Waals surface area contributed by atoms with Crippen LogP contribution in [0.5, 0.6) is 0 Å². The summed E-state index contributed by atoms with van der Waals surface area (Å²) in [6.45, 7) is 7.53. The molecule has 0 aliphatic heterocycles. The molecule has 5 heteroatoms. The summed E-state index contributed by atoms with van der Waals surface area (Å²) < 4.78 is 25.8. The van der Waals surface area contributed by atoms with Crippen molar-refractivity contribution < 1.29 is 13.5 Å². The van der Waals surface area contributed by atoms with Crippen molar-refractivity contribution >= 4 is 10.0 Å². The average Bonchev–Trinajstić information content (AvgIpc) is 2.38. The molecule has 19 heavy (non-hydrogen) atoms. The largest absolute Gasteiger partial charge is 0.392 e. The number of hydrogen-bond donors (Lipinski definition) is 1. The van der Waals surface area contributed by atoms with E-state index in [-0.39, 0.29) is 25.4 Å². The van der Waals surface area contributed by atoms with Crippen molar-refractivity contribution in [1.29, 1.82) is 0 Å². The molecule has 0 bridgehead atoms. The van der Waals surface area contributed by atoms with Crippen molar-refractivity contribution in [3.8, 4) is 0 Å². The van der Waals surface area contributed by atoms with E-state index in [4.69, 9.17) is 5.11 Å². The number of nitrogens with zero attached hydrogens (tertiary/aromatic N) is 1. The van der Waals surface area contributed by atoms with Crippen LogP contribution in [-0.2, 0) is 22.4 Å². The molecule has 0 fully saturated rings. The fourth-order valence-corrected chi connectivity index (χ4v) is 3.16. The van der Waals surface area contributed by atoms with Gasteiger partial charge in [0.2, 0.25) is 10.0 Å². The molecule has 0 radical (unpaired) electrons. The summed E-state index contributed by atoms with van der Waals surface area (Å²) in [6.07, 6.45) is 3.09. The second-order valence-electron chi connectivity index (χ2n) is 4.13. The van der Waals surface area contributed by atoms with Gasteiger partial charge in [0.25, 0.3) is 0 Å². The van der Waals surface area contributed by atoms with Crippen LogP contribution >= 0.6 is 0 Å². The van der Waals surface area contributed by atoms with E-state index in [0.29, 0.717) is 11.1 Å². The Morgan fingerprint density at radius 3 is 2.26 bits per heavy atom. The number of hydrogen-bond acceptors (Lipinski definition) is 3. The van der Waals surface area contributed by atoms with Crippen molar-refractivity contribution in [2.45, 2.75) is 12.4 Å². The van der Waals surface area contributed by atoms with E-state index in [2.05, 4.69) is 13.2 Å². The van der Waals surface area contributed by atoms with Crippen LogP contribution in [0.1, 0.15) is 11.1 Å². The van der Waals surface area contributed by atoms with Crippen LogP contribution < -0.4 is 0 Å². The third-order valence-electron chi connectivity index (χ3n) is 2.58. The molecule has 0 saturated heterocycles. The molecule has 0 atom stereocenters. The molecule has 0 saturated carbocycles. The molecule has 0 aliphatic rings. The number of rotatable bonds is 8.